The minimum absolute atomic E-state index is 0.0129. The van der Waals surface area contributed by atoms with E-state index in [1.165, 1.54) is 10.4 Å². The molecule has 1 heterocycles. The Kier molecular flexibility index (Phi) is 7.13. The minimum Gasteiger partial charge on any atom is -0.347 e. The maximum absolute atomic E-state index is 13.3. The molecule has 1 aromatic carbocycles. The Bertz CT molecular complexity index is 866. The molecule has 1 N–H and O–H groups in total. The first-order valence-corrected chi connectivity index (χ1v) is 11.6. The van der Waals surface area contributed by atoms with Gasteiger partial charge in [0.1, 0.15) is 5.82 Å². The topological polar surface area (TPSA) is 86.8 Å². The van der Waals surface area contributed by atoms with Gasteiger partial charge in [-0.3, -0.25) is 9.59 Å². The SMILES string of the molecule is O=C(NCC(=O)N1CCN(S(=O)(=O)c2ccc(F)c(Cl)c2)CC1)C1CCCCC1. The van der Waals surface area contributed by atoms with E-state index in [4.69, 9.17) is 11.6 Å². The van der Waals surface area contributed by atoms with E-state index in [-0.39, 0.29) is 60.4 Å². The number of amides is 2. The van der Waals surface area contributed by atoms with Gasteiger partial charge in [-0.05, 0) is 31.0 Å². The Balaban J connectivity index is 1.50. The number of nitrogens with one attached hydrogen (secondary N) is 1. The molecule has 2 amide bonds. The standard InChI is InChI=1S/C19H25ClFN3O4S/c20-16-12-15(6-7-17(16)21)29(27,28)24-10-8-23(9-11-24)18(25)13-22-19(26)14-4-2-1-3-5-14/h6-7,12,14H,1-5,8-11,13H2,(H,22,26). The van der Waals surface area contributed by atoms with Gasteiger partial charge < -0.3 is 10.2 Å². The maximum atomic E-state index is 13.3. The molecule has 2 aliphatic rings. The predicted molar refractivity (Wildman–Crippen MR) is 106 cm³/mol. The van der Waals surface area contributed by atoms with Crippen LogP contribution in [0.25, 0.3) is 0 Å². The first-order valence-electron chi connectivity index (χ1n) is 9.80. The number of carbonyl (C=O) groups excluding carboxylic acids is 2. The summed E-state index contributed by atoms with van der Waals surface area (Å²) < 4.78 is 40.0. The fourth-order valence-electron chi connectivity index (χ4n) is 3.75. The van der Waals surface area contributed by atoms with Crippen LogP contribution in [-0.4, -0.2) is 62.2 Å². The van der Waals surface area contributed by atoms with Gasteiger partial charge in [0.25, 0.3) is 0 Å². The van der Waals surface area contributed by atoms with Crippen molar-refractivity contribution in [2.75, 3.05) is 32.7 Å². The van der Waals surface area contributed by atoms with Crippen LogP contribution in [0.5, 0.6) is 0 Å². The number of benzene rings is 1. The molecular formula is C19H25ClFN3O4S. The second kappa shape index (κ2) is 9.40. The molecule has 7 nitrogen and oxygen atoms in total. The zero-order valence-corrected chi connectivity index (χ0v) is 17.6. The van der Waals surface area contributed by atoms with Crippen molar-refractivity contribution in [1.82, 2.24) is 14.5 Å². The summed E-state index contributed by atoms with van der Waals surface area (Å²) in [6.45, 7) is 0.632. The summed E-state index contributed by atoms with van der Waals surface area (Å²) in [4.78, 5) is 26.0. The molecular weight excluding hydrogens is 421 g/mol. The van der Waals surface area contributed by atoms with Crippen molar-refractivity contribution >= 4 is 33.4 Å². The van der Waals surface area contributed by atoms with Gasteiger partial charge in [-0.2, -0.15) is 4.31 Å². The third-order valence-corrected chi connectivity index (χ3v) is 7.69. The van der Waals surface area contributed by atoms with Crippen molar-refractivity contribution in [2.24, 2.45) is 5.92 Å². The van der Waals surface area contributed by atoms with Gasteiger partial charge in [0, 0.05) is 32.1 Å². The molecule has 160 valence electrons. The molecule has 3 rings (SSSR count). The molecule has 0 atom stereocenters. The molecule has 0 aromatic heterocycles. The van der Waals surface area contributed by atoms with E-state index in [9.17, 15) is 22.4 Å². The van der Waals surface area contributed by atoms with Crippen LogP contribution in [-0.2, 0) is 19.6 Å². The number of halogens is 2. The molecule has 0 spiro atoms. The van der Waals surface area contributed by atoms with Crippen LogP contribution in [0.4, 0.5) is 4.39 Å². The number of sulfonamides is 1. The lowest BCUT2D eigenvalue weighted by molar-refractivity contribution is -0.135. The average Bonchev–Trinajstić information content (AvgIpc) is 2.74. The fraction of sp³-hybridized carbons (Fsp3) is 0.579. The zero-order valence-electron chi connectivity index (χ0n) is 16.1. The lowest BCUT2D eigenvalue weighted by atomic mass is 9.89. The van der Waals surface area contributed by atoms with Crippen LogP contribution in [0.3, 0.4) is 0 Å². The van der Waals surface area contributed by atoms with Crippen molar-refractivity contribution < 1.29 is 22.4 Å². The third kappa shape index (κ3) is 5.26. The largest absolute Gasteiger partial charge is 0.347 e. The highest BCUT2D eigenvalue weighted by Gasteiger charge is 2.31. The molecule has 10 heteroatoms. The summed E-state index contributed by atoms with van der Waals surface area (Å²) in [7, 11) is -3.82. The summed E-state index contributed by atoms with van der Waals surface area (Å²) in [5, 5.41) is 2.46. The van der Waals surface area contributed by atoms with Gasteiger partial charge in [0.15, 0.2) is 0 Å². The summed E-state index contributed by atoms with van der Waals surface area (Å²) >= 11 is 5.69. The van der Waals surface area contributed by atoms with E-state index >= 15 is 0 Å². The van der Waals surface area contributed by atoms with Gasteiger partial charge in [0.2, 0.25) is 21.8 Å². The summed E-state index contributed by atoms with van der Waals surface area (Å²) in [6.07, 6.45) is 4.97. The van der Waals surface area contributed by atoms with E-state index in [0.29, 0.717) is 0 Å². The zero-order chi connectivity index (χ0) is 21.0. The summed E-state index contributed by atoms with van der Waals surface area (Å²) in [5.41, 5.74) is 0. The van der Waals surface area contributed by atoms with Gasteiger partial charge >= 0.3 is 0 Å². The molecule has 0 radical (unpaired) electrons. The molecule has 0 bridgehead atoms. The lowest BCUT2D eigenvalue weighted by Crippen LogP contribution is -2.52. The quantitative estimate of drug-likeness (QED) is 0.751. The van der Waals surface area contributed by atoms with Gasteiger partial charge in [-0.1, -0.05) is 30.9 Å². The Hall–Kier alpha value is -1.71. The van der Waals surface area contributed by atoms with Crippen LogP contribution in [0, 0.1) is 11.7 Å². The summed E-state index contributed by atoms with van der Waals surface area (Å²) in [5.74, 6) is -0.999. The van der Waals surface area contributed by atoms with Crippen LogP contribution >= 0.6 is 11.6 Å². The second-order valence-electron chi connectivity index (χ2n) is 7.41. The normalized spacial score (nSPS) is 19.2. The van der Waals surface area contributed by atoms with Gasteiger partial charge in [-0.15, -0.1) is 0 Å². The maximum Gasteiger partial charge on any atom is 0.243 e. The van der Waals surface area contributed by atoms with E-state index < -0.39 is 15.8 Å². The highest BCUT2D eigenvalue weighted by Crippen LogP contribution is 2.24. The van der Waals surface area contributed by atoms with Crippen molar-refractivity contribution in [3.63, 3.8) is 0 Å². The third-order valence-electron chi connectivity index (χ3n) is 5.51. The monoisotopic (exact) mass is 445 g/mol. The van der Waals surface area contributed by atoms with E-state index in [2.05, 4.69) is 5.32 Å². The van der Waals surface area contributed by atoms with E-state index in [1.54, 1.807) is 4.90 Å². The van der Waals surface area contributed by atoms with Gasteiger partial charge in [0.05, 0.1) is 16.5 Å². The van der Waals surface area contributed by atoms with Crippen LogP contribution in [0.2, 0.25) is 5.02 Å². The smallest absolute Gasteiger partial charge is 0.243 e. The number of hydrogen-bond donors (Lipinski definition) is 1. The number of carbonyl (C=O) groups is 2. The number of rotatable bonds is 5. The van der Waals surface area contributed by atoms with Crippen LogP contribution in [0.15, 0.2) is 23.1 Å². The molecule has 29 heavy (non-hydrogen) atoms. The number of piperazine rings is 1. The first-order chi connectivity index (χ1) is 13.8. The Labute approximate surface area is 175 Å². The Morgan fingerprint density at radius 1 is 1.10 bits per heavy atom. The molecule has 0 unspecified atom stereocenters. The molecule has 1 aromatic rings. The highest BCUT2D eigenvalue weighted by molar-refractivity contribution is 7.89. The molecule has 2 fully saturated rings. The number of nitrogens with zero attached hydrogens (tertiary/aromatic N) is 2. The fourth-order valence-corrected chi connectivity index (χ4v) is 5.44. The van der Waals surface area contributed by atoms with Crippen molar-refractivity contribution in [1.29, 1.82) is 0 Å². The van der Waals surface area contributed by atoms with Crippen LogP contribution in [0.1, 0.15) is 32.1 Å². The molecule has 1 saturated carbocycles. The molecule has 1 aliphatic carbocycles. The van der Waals surface area contributed by atoms with Gasteiger partial charge in [-0.25, -0.2) is 12.8 Å². The molecule has 1 saturated heterocycles. The van der Waals surface area contributed by atoms with E-state index in [0.717, 1.165) is 44.2 Å². The Morgan fingerprint density at radius 2 is 1.76 bits per heavy atom. The predicted octanol–water partition coefficient (Wildman–Crippen LogP) is 2.01. The minimum atomic E-state index is -3.82. The van der Waals surface area contributed by atoms with Crippen molar-refractivity contribution in [3.05, 3.63) is 29.0 Å². The lowest BCUT2D eigenvalue weighted by Gasteiger charge is -2.34. The second-order valence-corrected chi connectivity index (χ2v) is 9.76. The van der Waals surface area contributed by atoms with Crippen molar-refractivity contribution in [2.45, 2.75) is 37.0 Å². The van der Waals surface area contributed by atoms with Crippen molar-refractivity contribution in [3.8, 4) is 0 Å². The first kappa shape index (κ1) is 22.0. The number of hydrogen-bond acceptors (Lipinski definition) is 4. The van der Waals surface area contributed by atoms with E-state index in [1.807, 2.05) is 0 Å². The summed E-state index contributed by atoms with van der Waals surface area (Å²) in [6, 6.07) is 3.28. The van der Waals surface area contributed by atoms with Crippen LogP contribution < -0.4 is 5.32 Å². The Morgan fingerprint density at radius 3 is 2.38 bits per heavy atom. The molecule has 1 aliphatic heterocycles. The average molecular weight is 446 g/mol. The highest BCUT2D eigenvalue weighted by atomic mass is 35.5.